The molecule has 0 fully saturated rings. The minimum Gasteiger partial charge on any atom is -0.463 e. The number of aromatic nitrogens is 2. The van der Waals surface area contributed by atoms with Crippen LogP contribution in [0.4, 0.5) is 5.13 Å². The molecule has 4 rings (SSSR count). The summed E-state index contributed by atoms with van der Waals surface area (Å²) in [5, 5.41) is 3.08. The Morgan fingerprint density at radius 1 is 1.04 bits per heavy atom. The van der Waals surface area contributed by atoms with Gasteiger partial charge in [0, 0.05) is 11.8 Å². The highest BCUT2D eigenvalue weighted by Crippen LogP contribution is 2.33. The molecule has 0 aliphatic heterocycles. The SMILES string of the molecule is Cc1ccc(C(=O)Nc2nc(-c3ccco3)c(C(=O)c3ccccn3)s2)cc1. The van der Waals surface area contributed by atoms with Gasteiger partial charge in [0.25, 0.3) is 5.91 Å². The largest absolute Gasteiger partial charge is 0.463 e. The van der Waals surface area contributed by atoms with Crippen molar-refractivity contribution in [3.8, 4) is 11.5 Å². The molecule has 0 saturated heterocycles. The molecule has 138 valence electrons. The van der Waals surface area contributed by atoms with Crippen LogP contribution in [0, 0.1) is 6.92 Å². The van der Waals surface area contributed by atoms with Crippen molar-refractivity contribution in [2.24, 2.45) is 0 Å². The maximum Gasteiger partial charge on any atom is 0.257 e. The van der Waals surface area contributed by atoms with Crippen molar-refractivity contribution in [1.29, 1.82) is 0 Å². The quantitative estimate of drug-likeness (QED) is 0.505. The number of anilines is 1. The molecule has 3 heterocycles. The van der Waals surface area contributed by atoms with Gasteiger partial charge in [-0.2, -0.15) is 0 Å². The van der Waals surface area contributed by atoms with E-state index in [4.69, 9.17) is 4.42 Å². The minimum absolute atomic E-state index is 0.277. The van der Waals surface area contributed by atoms with E-state index in [0.29, 0.717) is 32.7 Å². The van der Waals surface area contributed by atoms with Gasteiger partial charge in [-0.3, -0.25) is 19.9 Å². The molecule has 0 radical (unpaired) electrons. The van der Waals surface area contributed by atoms with Crippen molar-refractivity contribution in [3.05, 3.63) is 88.8 Å². The van der Waals surface area contributed by atoms with Crippen LogP contribution in [0.2, 0.25) is 0 Å². The van der Waals surface area contributed by atoms with Gasteiger partial charge in [-0.15, -0.1) is 0 Å². The van der Waals surface area contributed by atoms with E-state index in [2.05, 4.69) is 15.3 Å². The van der Waals surface area contributed by atoms with Crippen molar-refractivity contribution in [1.82, 2.24) is 9.97 Å². The Morgan fingerprint density at radius 2 is 1.86 bits per heavy atom. The number of hydrogen-bond donors (Lipinski definition) is 1. The predicted molar refractivity (Wildman–Crippen MR) is 107 cm³/mol. The Balaban J connectivity index is 1.68. The monoisotopic (exact) mass is 389 g/mol. The first-order valence-corrected chi connectivity index (χ1v) is 9.32. The van der Waals surface area contributed by atoms with Crippen molar-refractivity contribution in [2.45, 2.75) is 6.92 Å². The van der Waals surface area contributed by atoms with E-state index in [-0.39, 0.29) is 11.7 Å². The van der Waals surface area contributed by atoms with E-state index in [1.807, 2.05) is 19.1 Å². The van der Waals surface area contributed by atoms with Crippen molar-refractivity contribution in [3.63, 3.8) is 0 Å². The number of rotatable bonds is 5. The Morgan fingerprint density at radius 3 is 2.54 bits per heavy atom. The fourth-order valence-corrected chi connectivity index (χ4v) is 3.51. The van der Waals surface area contributed by atoms with E-state index >= 15 is 0 Å². The van der Waals surface area contributed by atoms with Crippen LogP contribution < -0.4 is 5.32 Å². The molecule has 1 amide bonds. The number of aryl methyl sites for hydroxylation is 1. The van der Waals surface area contributed by atoms with E-state index in [1.165, 1.54) is 6.26 Å². The average Bonchev–Trinajstić information content (AvgIpc) is 3.38. The van der Waals surface area contributed by atoms with Crippen LogP contribution >= 0.6 is 11.3 Å². The molecule has 0 spiro atoms. The number of benzene rings is 1. The lowest BCUT2D eigenvalue weighted by atomic mass is 10.1. The number of hydrogen-bond acceptors (Lipinski definition) is 6. The van der Waals surface area contributed by atoms with Crippen LogP contribution in [-0.4, -0.2) is 21.7 Å². The summed E-state index contributed by atoms with van der Waals surface area (Å²) in [5.74, 6) is -0.122. The molecule has 1 N–H and O–H groups in total. The fraction of sp³-hybridized carbons (Fsp3) is 0.0476. The normalized spacial score (nSPS) is 10.6. The zero-order valence-electron chi connectivity index (χ0n) is 14.9. The zero-order valence-corrected chi connectivity index (χ0v) is 15.7. The van der Waals surface area contributed by atoms with Crippen LogP contribution in [0.15, 0.2) is 71.5 Å². The first kappa shape index (κ1) is 17.8. The summed E-state index contributed by atoms with van der Waals surface area (Å²) in [5.41, 5.74) is 2.26. The molecule has 28 heavy (non-hydrogen) atoms. The Labute approximate surface area is 164 Å². The highest BCUT2D eigenvalue weighted by Gasteiger charge is 2.24. The highest BCUT2D eigenvalue weighted by molar-refractivity contribution is 7.18. The lowest BCUT2D eigenvalue weighted by Crippen LogP contribution is -2.11. The Kier molecular flexibility index (Phi) is 4.82. The number of pyridine rings is 1. The third-order valence-corrected chi connectivity index (χ3v) is 4.99. The lowest BCUT2D eigenvalue weighted by molar-refractivity contribution is 0.102. The number of furan rings is 1. The van der Waals surface area contributed by atoms with Crippen LogP contribution in [0.5, 0.6) is 0 Å². The third kappa shape index (κ3) is 3.60. The number of ketones is 1. The molecule has 1 aromatic carbocycles. The van der Waals surface area contributed by atoms with Crippen LogP contribution in [0.1, 0.15) is 31.3 Å². The molecule has 0 saturated carbocycles. The highest BCUT2D eigenvalue weighted by atomic mass is 32.1. The summed E-state index contributed by atoms with van der Waals surface area (Å²) in [4.78, 5) is 34.3. The fourth-order valence-electron chi connectivity index (χ4n) is 2.60. The molecule has 0 bridgehead atoms. The summed E-state index contributed by atoms with van der Waals surface area (Å²) in [6.45, 7) is 1.95. The van der Waals surface area contributed by atoms with Crippen molar-refractivity contribution < 1.29 is 14.0 Å². The van der Waals surface area contributed by atoms with Gasteiger partial charge in [0.15, 0.2) is 10.9 Å². The molecular weight excluding hydrogens is 374 g/mol. The van der Waals surface area contributed by atoms with E-state index in [1.54, 1.807) is 48.7 Å². The second kappa shape index (κ2) is 7.58. The van der Waals surface area contributed by atoms with E-state index in [9.17, 15) is 9.59 Å². The van der Waals surface area contributed by atoms with Gasteiger partial charge in [-0.05, 0) is 43.3 Å². The van der Waals surface area contributed by atoms with Gasteiger partial charge in [-0.25, -0.2) is 4.98 Å². The van der Waals surface area contributed by atoms with Gasteiger partial charge < -0.3 is 4.42 Å². The molecule has 0 aliphatic carbocycles. The molecule has 6 nitrogen and oxygen atoms in total. The molecular formula is C21H15N3O3S. The molecule has 7 heteroatoms. The maximum absolute atomic E-state index is 12.9. The minimum atomic E-state index is -0.295. The number of thiazole rings is 1. The van der Waals surface area contributed by atoms with Crippen molar-refractivity contribution in [2.75, 3.05) is 5.32 Å². The molecule has 4 aromatic rings. The zero-order chi connectivity index (χ0) is 19.5. The second-order valence-corrected chi connectivity index (χ2v) is 7.04. The summed E-state index contributed by atoms with van der Waals surface area (Å²) in [7, 11) is 0. The molecule has 0 unspecified atom stereocenters. The van der Waals surface area contributed by atoms with Gasteiger partial charge in [-0.1, -0.05) is 35.1 Å². The molecule has 0 atom stereocenters. The first-order chi connectivity index (χ1) is 13.6. The van der Waals surface area contributed by atoms with Gasteiger partial charge in [0.2, 0.25) is 5.78 Å². The number of carbonyl (C=O) groups is 2. The Hall–Kier alpha value is -3.58. The van der Waals surface area contributed by atoms with Gasteiger partial charge >= 0.3 is 0 Å². The van der Waals surface area contributed by atoms with Crippen LogP contribution in [-0.2, 0) is 0 Å². The third-order valence-electron chi connectivity index (χ3n) is 4.02. The number of nitrogens with zero attached hydrogens (tertiary/aromatic N) is 2. The maximum atomic E-state index is 12.9. The smallest absolute Gasteiger partial charge is 0.257 e. The van der Waals surface area contributed by atoms with Crippen molar-refractivity contribution >= 4 is 28.2 Å². The number of carbonyl (C=O) groups excluding carboxylic acids is 2. The summed E-state index contributed by atoms with van der Waals surface area (Å²) in [6.07, 6.45) is 3.06. The lowest BCUT2D eigenvalue weighted by Gasteiger charge is -2.01. The van der Waals surface area contributed by atoms with E-state index < -0.39 is 0 Å². The number of amides is 1. The first-order valence-electron chi connectivity index (χ1n) is 8.50. The van der Waals surface area contributed by atoms with Crippen LogP contribution in [0.25, 0.3) is 11.5 Å². The number of nitrogens with one attached hydrogen (secondary N) is 1. The van der Waals surface area contributed by atoms with Gasteiger partial charge in [0.05, 0.1) is 6.26 Å². The van der Waals surface area contributed by atoms with Gasteiger partial charge in [0.1, 0.15) is 16.3 Å². The Bertz CT molecular complexity index is 1120. The van der Waals surface area contributed by atoms with Crippen LogP contribution in [0.3, 0.4) is 0 Å². The standard InChI is InChI=1S/C21H15N3O3S/c1-13-7-9-14(10-8-13)20(26)24-21-23-17(16-6-4-12-27-16)19(28-21)18(25)15-5-2-3-11-22-15/h2-12H,1H3,(H,23,24,26). The summed E-state index contributed by atoms with van der Waals surface area (Å²) in [6, 6.07) is 15.8. The summed E-state index contributed by atoms with van der Waals surface area (Å²) < 4.78 is 5.42. The average molecular weight is 389 g/mol. The second-order valence-electron chi connectivity index (χ2n) is 6.04. The summed E-state index contributed by atoms with van der Waals surface area (Å²) >= 11 is 1.09. The van der Waals surface area contributed by atoms with E-state index in [0.717, 1.165) is 16.9 Å². The molecule has 0 aliphatic rings. The topological polar surface area (TPSA) is 85.1 Å². The molecule has 3 aromatic heterocycles. The predicted octanol–water partition coefficient (Wildman–Crippen LogP) is 4.59.